The van der Waals surface area contributed by atoms with Crippen molar-refractivity contribution in [1.29, 1.82) is 0 Å². The number of hydrogen-bond donors (Lipinski definition) is 0. The van der Waals surface area contributed by atoms with Crippen LogP contribution in [0, 0.1) is 6.92 Å². The van der Waals surface area contributed by atoms with Gasteiger partial charge in [0.05, 0.1) is 7.11 Å². The van der Waals surface area contributed by atoms with Gasteiger partial charge in [0.1, 0.15) is 6.54 Å². The summed E-state index contributed by atoms with van der Waals surface area (Å²) in [5, 5.41) is 0. The third-order valence-corrected chi connectivity index (χ3v) is 2.70. The quantitative estimate of drug-likeness (QED) is 0.742. The molecule has 0 aliphatic carbocycles. The third kappa shape index (κ3) is 2.27. The average molecular weight is 237 g/mol. The van der Waals surface area contributed by atoms with Gasteiger partial charge >= 0.3 is 5.97 Å². The third-order valence-electron chi connectivity index (χ3n) is 2.70. The molecule has 0 saturated carbocycles. The molecule has 0 spiro atoms. The van der Waals surface area contributed by atoms with Crippen molar-refractivity contribution in [3.8, 4) is 11.5 Å². The Bertz CT molecular complexity index is 444. The predicted octanol–water partition coefficient (Wildman–Crippen LogP) is 1.33. The van der Waals surface area contributed by atoms with Crippen molar-refractivity contribution in [1.82, 2.24) is 0 Å². The average Bonchev–Trinajstić information content (AvgIpc) is 2.74. The smallest absolute Gasteiger partial charge is 0.325 e. The first kappa shape index (κ1) is 11.6. The predicted molar refractivity (Wildman–Crippen MR) is 62.6 cm³/mol. The fourth-order valence-corrected chi connectivity index (χ4v) is 1.79. The van der Waals surface area contributed by atoms with Gasteiger partial charge in [-0.15, -0.1) is 0 Å². The van der Waals surface area contributed by atoms with Crippen molar-refractivity contribution in [3.63, 3.8) is 0 Å². The number of methoxy groups -OCH3 is 1. The number of nitrogens with zero attached hydrogens (tertiary/aromatic N) is 1. The van der Waals surface area contributed by atoms with Gasteiger partial charge in [0.2, 0.25) is 6.79 Å². The Morgan fingerprint density at radius 1 is 1.41 bits per heavy atom. The summed E-state index contributed by atoms with van der Waals surface area (Å²) in [6.07, 6.45) is 0. The van der Waals surface area contributed by atoms with Gasteiger partial charge in [0, 0.05) is 18.8 Å². The van der Waals surface area contributed by atoms with Crippen LogP contribution < -0.4 is 14.4 Å². The van der Waals surface area contributed by atoms with Crippen molar-refractivity contribution in [2.24, 2.45) is 0 Å². The van der Waals surface area contributed by atoms with Gasteiger partial charge in [-0.1, -0.05) is 0 Å². The summed E-state index contributed by atoms with van der Waals surface area (Å²) in [5.41, 5.74) is 1.96. The molecule has 0 aromatic heterocycles. The lowest BCUT2D eigenvalue weighted by atomic mass is 10.1. The molecule has 0 fully saturated rings. The van der Waals surface area contributed by atoms with Crippen molar-refractivity contribution in [2.45, 2.75) is 6.92 Å². The van der Waals surface area contributed by atoms with E-state index in [2.05, 4.69) is 4.74 Å². The molecule has 0 unspecified atom stereocenters. The number of rotatable bonds is 3. The van der Waals surface area contributed by atoms with Crippen LogP contribution >= 0.6 is 0 Å². The molecule has 5 heteroatoms. The summed E-state index contributed by atoms with van der Waals surface area (Å²) in [6.45, 7) is 2.42. The number of ether oxygens (including phenoxy) is 3. The minimum Gasteiger partial charge on any atom is -0.468 e. The molecule has 0 atom stereocenters. The van der Waals surface area contributed by atoms with Crippen LogP contribution in [0.15, 0.2) is 12.1 Å². The summed E-state index contributed by atoms with van der Waals surface area (Å²) in [6, 6.07) is 3.78. The maximum absolute atomic E-state index is 11.2. The molecule has 1 aromatic carbocycles. The molecule has 1 heterocycles. The molecular formula is C12H15NO4. The van der Waals surface area contributed by atoms with E-state index >= 15 is 0 Å². The second-order valence-corrected chi connectivity index (χ2v) is 3.92. The Hall–Kier alpha value is -1.91. The van der Waals surface area contributed by atoms with Crippen molar-refractivity contribution in [2.75, 3.05) is 32.4 Å². The Morgan fingerprint density at radius 3 is 2.71 bits per heavy atom. The number of carbonyl (C=O) groups is 1. The van der Waals surface area contributed by atoms with Gasteiger partial charge in [-0.25, -0.2) is 0 Å². The van der Waals surface area contributed by atoms with Crippen LogP contribution in [0.5, 0.6) is 11.5 Å². The van der Waals surface area contributed by atoms with Crippen LogP contribution in [0.4, 0.5) is 5.69 Å². The first-order valence-corrected chi connectivity index (χ1v) is 5.30. The minimum absolute atomic E-state index is 0.205. The highest BCUT2D eigenvalue weighted by atomic mass is 16.7. The standard InChI is InChI=1S/C12H15NO4/c1-8-4-10-11(17-7-16-10)5-9(8)13(2)6-12(14)15-3/h4-5H,6-7H2,1-3H3. The second kappa shape index (κ2) is 4.53. The van der Waals surface area contributed by atoms with E-state index in [-0.39, 0.29) is 19.3 Å². The van der Waals surface area contributed by atoms with E-state index in [1.165, 1.54) is 7.11 Å². The fourth-order valence-electron chi connectivity index (χ4n) is 1.79. The molecule has 1 aliphatic rings. The number of aryl methyl sites for hydroxylation is 1. The topological polar surface area (TPSA) is 48.0 Å². The molecule has 2 rings (SSSR count). The van der Waals surface area contributed by atoms with E-state index in [1.54, 1.807) is 0 Å². The molecule has 17 heavy (non-hydrogen) atoms. The van der Waals surface area contributed by atoms with Gasteiger partial charge in [-0.2, -0.15) is 0 Å². The number of hydrogen-bond acceptors (Lipinski definition) is 5. The summed E-state index contributed by atoms with van der Waals surface area (Å²) in [7, 11) is 3.21. The van der Waals surface area contributed by atoms with Crippen LogP contribution in [0.3, 0.4) is 0 Å². The number of fused-ring (bicyclic) bond motifs is 1. The van der Waals surface area contributed by atoms with E-state index in [4.69, 9.17) is 9.47 Å². The van der Waals surface area contributed by atoms with E-state index in [9.17, 15) is 4.79 Å². The maximum Gasteiger partial charge on any atom is 0.325 e. The first-order valence-electron chi connectivity index (χ1n) is 5.30. The molecule has 0 N–H and O–H groups in total. The Morgan fingerprint density at radius 2 is 2.06 bits per heavy atom. The molecule has 1 aromatic rings. The number of anilines is 1. The second-order valence-electron chi connectivity index (χ2n) is 3.92. The van der Waals surface area contributed by atoms with E-state index in [0.29, 0.717) is 5.75 Å². The zero-order valence-electron chi connectivity index (χ0n) is 10.1. The lowest BCUT2D eigenvalue weighted by Gasteiger charge is -2.20. The highest BCUT2D eigenvalue weighted by Crippen LogP contribution is 2.37. The lowest BCUT2D eigenvalue weighted by molar-refractivity contribution is -0.138. The summed E-state index contributed by atoms with van der Waals surface area (Å²) in [5.74, 6) is 1.18. The van der Waals surface area contributed by atoms with Crippen LogP contribution in [-0.4, -0.2) is 33.5 Å². The highest BCUT2D eigenvalue weighted by molar-refractivity contribution is 5.76. The monoisotopic (exact) mass is 237 g/mol. The zero-order valence-corrected chi connectivity index (χ0v) is 10.1. The van der Waals surface area contributed by atoms with Gasteiger partial charge < -0.3 is 19.1 Å². The van der Waals surface area contributed by atoms with Crippen molar-refractivity contribution >= 4 is 11.7 Å². The van der Waals surface area contributed by atoms with Crippen molar-refractivity contribution < 1.29 is 19.0 Å². The van der Waals surface area contributed by atoms with Gasteiger partial charge in [0.15, 0.2) is 11.5 Å². The van der Waals surface area contributed by atoms with E-state index in [0.717, 1.165) is 17.0 Å². The molecule has 5 nitrogen and oxygen atoms in total. The summed E-state index contributed by atoms with van der Waals surface area (Å²) < 4.78 is 15.2. The highest BCUT2D eigenvalue weighted by Gasteiger charge is 2.18. The summed E-state index contributed by atoms with van der Waals surface area (Å²) >= 11 is 0. The van der Waals surface area contributed by atoms with Gasteiger partial charge in [0.25, 0.3) is 0 Å². The SMILES string of the molecule is COC(=O)CN(C)c1cc2c(cc1C)OCO2. The zero-order chi connectivity index (χ0) is 12.4. The molecule has 92 valence electrons. The van der Waals surface area contributed by atoms with Gasteiger partial charge in [-0.05, 0) is 18.6 Å². The Labute approximate surface area is 99.9 Å². The van der Waals surface area contributed by atoms with E-state index in [1.807, 2.05) is 31.0 Å². The first-order chi connectivity index (χ1) is 8.11. The lowest BCUT2D eigenvalue weighted by Crippen LogP contribution is -2.26. The molecule has 0 amide bonds. The van der Waals surface area contributed by atoms with E-state index < -0.39 is 0 Å². The minimum atomic E-state index is -0.274. The molecule has 0 radical (unpaired) electrons. The Kier molecular flexibility index (Phi) is 3.08. The van der Waals surface area contributed by atoms with Crippen LogP contribution in [0.25, 0.3) is 0 Å². The van der Waals surface area contributed by atoms with Crippen molar-refractivity contribution in [3.05, 3.63) is 17.7 Å². The molecular weight excluding hydrogens is 222 g/mol. The van der Waals surface area contributed by atoms with Crippen LogP contribution in [-0.2, 0) is 9.53 Å². The number of benzene rings is 1. The van der Waals surface area contributed by atoms with Gasteiger partial charge in [-0.3, -0.25) is 4.79 Å². The molecule has 0 bridgehead atoms. The molecule has 0 saturated heterocycles. The number of carbonyl (C=O) groups excluding carboxylic acids is 1. The summed E-state index contributed by atoms with van der Waals surface area (Å²) in [4.78, 5) is 13.0. The fraction of sp³-hybridized carbons (Fsp3) is 0.417. The number of likely N-dealkylation sites (N-methyl/N-ethyl adjacent to an activating group) is 1. The van der Waals surface area contributed by atoms with Crippen LogP contribution in [0.1, 0.15) is 5.56 Å². The largest absolute Gasteiger partial charge is 0.468 e. The maximum atomic E-state index is 11.2. The Balaban J connectivity index is 2.23. The molecule has 1 aliphatic heterocycles. The number of esters is 1. The van der Waals surface area contributed by atoms with Crippen LogP contribution in [0.2, 0.25) is 0 Å². The normalized spacial score (nSPS) is 12.4.